The van der Waals surface area contributed by atoms with Crippen LogP contribution in [0.25, 0.3) is 11.5 Å². The predicted octanol–water partition coefficient (Wildman–Crippen LogP) is 4.00. The van der Waals surface area contributed by atoms with Crippen molar-refractivity contribution in [1.82, 2.24) is 20.2 Å². The van der Waals surface area contributed by atoms with Gasteiger partial charge < -0.3 is 15.1 Å². The zero-order valence-electron chi connectivity index (χ0n) is 23.2. The van der Waals surface area contributed by atoms with Gasteiger partial charge in [0, 0.05) is 38.1 Å². The third-order valence-electron chi connectivity index (χ3n) is 7.37. The Bertz CT molecular complexity index is 1560. The lowest BCUT2D eigenvalue weighted by Gasteiger charge is -2.26. The predicted molar refractivity (Wildman–Crippen MR) is 155 cm³/mol. The highest BCUT2D eigenvalue weighted by atomic mass is 32.2. The van der Waals surface area contributed by atoms with Crippen LogP contribution in [-0.4, -0.2) is 48.4 Å². The third-order valence-corrected chi connectivity index (χ3v) is 8.55. The second-order valence-corrected chi connectivity index (χ2v) is 13.0. The average molecular weight is 562 g/mol. The molecule has 4 aromatic rings. The molecule has 210 valence electrons. The molecule has 2 N–H and O–H groups in total. The van der Waals surface area contributed by atoms with E-state index in [1.807, 2.05) is 43.3 Å². The summed E-state index contributed by atoms with van der Waals surface area (Å²) in [6.07, 6.45) is 6.21. The maximum absolute atomic E-state index is 12.5. The molecule has 3 unspecified atom stereocenters. The van der Waals surface area contributed by atoms with Gasteiger partial charge in [-0.05, 0) is 67.0 Å². The number of nitrogens with zero attached hydrogens (tertiary/aromatic N) is 6. The van der Waals surface area contributed by atoms with Crippen molar-refractivity contribution >= 4 is 21.7 Å². The van der Waals surface area contributed by atoms with E-state index in [0.717, 1.165) is 34.7 Å². The van der Waals surface area contributed by atoms with Crippen molar-refractivity contribution in [3.05, 3.63) is 84.0 Å². The SMILES string of the molecule is CC1CC1CN(Cc1ccccc1)c1cc(-c2nnc(C(C)(N)Cc3ccncc3)o2)cc(N(C)S(C)(=O)=O)n1. The Labute approximate surface area is 235 Å². The Hall–Kier alpha value is -3.83. The lowest BCUT2D eigenvalue weighted by atomic mass is 9.94. The molecule has 3 heterocycles. The molecule has 10 nitrogen and oxygen atoms in total. The van der Waals surface area contributed by atoms with Crippen molar-refractivity contribution in [2.75, 3.05) is 29.1 Å². The van der Waals surface area contributed by atoms with Gasteiger partial charge in [0.15, 0.2) is 0 Å². The summed E-state index contributed by atoms with van der Waals surface area (Å²) in [5, 5.41) is 8.57. The number of sulfonamides is 1. The molecule has 0 aliphatic heterocycles. The largest absolute Gasteiger partial charge is 0.419 e. The van der Waals surface area contributed by atoms with Gasteiger partial charge >= 0.3 is 0 Å². The van der Waals surface area contributed by atoms with Crippen LogP contribution in [-0.2, 0) is 28.5 Å². The van der Waals surface area contributed by atoms with Gasteiger partial charge in [-0.2, -0.15) is 0 Å². The van der Waals surface area contributed by atoms with Gasteiger partial charge in [0.25, 0.3) is 0 Å². The highest BCUT2D eigenvalue weighted by Crippen LogP contribution is 2.40. The molecule has 1 aliphatic carbocycles. The highest BCUT2D eigenvalue weighted by molar-refractivity contribution is 7.92. The Morgan fingerprint density at radius 3 is 2.38 bits per heavy atom. The van der Waals surface area contributed by atoms with E-state index < -0.39 is 15.6 Å². The topological polar surface area (TPSA) is 131 Å². The maximum Gasteiger partial charge on any atom is 0.248 e. The first-order valence-corrected chi connectivity index (χ1v) is 15.1. The lowest BCUT2D eigenvalue weighted by Crippen LogP contribution is -2.35. The Morgan fingerprint density at radius 2 is 1.73 bits per heavy atom. The molecular formula is C29H35N7O3S. The first kappa shape index (κ1) is 27.7. The molecule has 1 aromatic carbocycles. The van der Waals surface area contributed by atoms with Crippen molar-refractivity contribution < 1.29 is 12.8 Å². The van der Waals surface area contributed by atoms with Crippen LogP contribution in [0.4, 0.5) is 11.6 Å². The van der Waals surface area contributed by atoms with Crippen molar-refractivity contribution in [3.63, 3.8) is 0 Å². The summed E-state index contributed by atoms with van der Waals surface area (Å²) < 4.78 is 32.3. The molecule has 3 atom stereocenters. The summed E-state index contributed by atoms with van der Waals surface area (Å²) in [7, 11) is -2.08. The monoisotopic (exact) mass is 561 g/mol. The van der Waals surface area contributed by atoms with Crippen LogP contribution in [0, 0.1) is 11.8 Å². The molecule has 0 amide bonds. The number of nitrogens with two attached hydrogens (primary N) is 1. The number of anilines is 2. The Morgan fingerprint density at radius 1 is 1.05 bits per heavy atom. The van der Waals surface area contributed by atoms with Crippen molar-refractivity contribution in [3.8, 4) is 11.5 Å². The van der Waals surface area contributed by atoms with Gasteiger partial charge in [-0.1, -0.05) is 37.3 Å². The lowest BCUT2D eigenvalue weighted by molar-refractivity contribution is 0.355. The zero-order valence-corrected chi connectivity index (χ0v) is 24.0. The number of rotatable bonds is 11. The van der Waals surface area contributed by atoms with Crippen molar-refractivity contribution in [1.29, 1.82) is 0 Å². The molecule has 0 spiro atoms. The molecule has 11 heteroatoms. The second kappa shape index (κ2) is 11.0. The summed E-state index contributed by atoms with van der Waals surface area (Å²) >= 11 is 0. The maximum atomic E-state index is 12.5. The summed E-state index contributed by atoms with van der Waals surface area (Å²) in [5.41, 5.74) is 8.39. The standard InChI is InChI=1S/C29H35N7O3S/c1-20-14-24(20)19-36(18-22-8-6-5-7-9-22)26-16-23(15-25(32-26)35(3)40(4,37)38)27-33-34-28(39-27)29(2,30)17-21-10-12-31-13-11-21/h5-13,15-16,20,24H,14,17-19,30H2,1-4H3. The van der Waals surface area contributed by atoms with Crippen LogP contribution in [0.1, 0.15) is 37.3 Å². The van der Waals surface area contributed by atoms with E-state index >= 15 is 0 Å². The second-order valence-electron chi connectivity index (χ2n) is 11.0. The molecule has 0 radical (unpaired) electrons. The minimum atomic E-state index is -3.57. The molecule has 3 aromatic heterocycles. The summed E-state index contributed by atoms with van der Waals surface area (Å²) in [6.45, 7) is 5.51. The minimum Gasteiger partial charge on any atom is -0.419 e. The molecule has 0 saturated heterocycles. The van der Waals surface area contributed by atoms with Crippen molar-refractivity contribution in [2.24, 2.45) is 17.6 Å². The smallest absolute Gasteiger partial charge is 0.248 e. The number of hydrogen-bond acceptors (Lipinski definition) is 9. The fourth-order valence-corrected chi connectivity index (χ4v) is 5.10. The van der Waals surface area contributed by atoms with Gasteiger partial charge in [-0.15, -0.1) is 10.2 Å². The Balaban J connectivity index is 1.53. The quantitative estimate of drug-likeness (QED) is 0.289. The third kappa shape index (κ3) is 6.48. The van der Waals surface area contributed by atoms with Crippen LogP contribution in [0.5, 0.6) is 0 Å². The summed E-state index contributed by atoms with van der Waals surface area (Å²) in [6, 6.07) is 17.5. The van der Waals surface area contributed by atoms with E-state index in [1.165, 1.54) is 7.05 Å². The molecular weight excluding hydrogens is 526 g/mol. The molecule has 0 bridgehead atoms. The molecule has 1 saturated carbocycles. The van der Waals surface area contributed by atoms with Crippen molar-refractivity contribution in [2.45, 2.75) is 38.8 Å². The normalized spacial score (nSPS) is 18.2. The molecule has 1 fully saturated rings. The molecule has 40 heavy (non-hydrogen) atoms. The Kier molecular flexibility index (Phi) is 7.61. The number of hydrogen-bond donors (Lipinski definition) is 1. The van der Waals surface area contributed by atoms with Gasteiger partial charge in [0.05, 0.1) is 11.8 Å². The van der Waals surface area contributed by atoms with E-state index in [-0.39, 0.29) is 17.6 Å². The van der Waals surface area contributed by atoms with Crippen LogP contribution >= 0.6 is 0 Å². The van der Waals surface area contributed by atoms with Gasteiger partial charge in [-0.25, -0.2) is 13.4 Å². The summed E-state index contributed by atoms with van der Waals surface area (Å²) in [4.78, 5) is 11.0. The number of aromatic nitrogens is 4. The fourth-order valence-electron chi connectivity index (χ4n) is 4.67. The van der Waals surface area contributed by atoms with E-state index in [0.29, 0.717) is 36.2 Å². The first-order chi connectivity index (χ1) is 19.0. The number of benzene rings is 1. The van der Waals surface area contributed by atoms with Crippen LogP contribution in [0.3, 0.4) is 0 Å². The van der Waals surface area contributed by atoms with E-state index in [4.69, 9.17) is 15.1 Å². The first-order valence-electron chi connectivity index (χ1n) is 13.3. The van der Waals surface area contributed by atoms with E-state index in [1.54, 1.807) is 18.5 Å². The highest BCUT2D eigenvalue weighted by Gasteiger charge is 2.35. The summed E-state index contributed by atoms with van der Waals surface area (Å²) in [5.74, 6) is 2.62. The average Bonchev–Trinajstić information content (AvgIpc) is 3.38. The van der Waals surface area contributed by atoms with Crippen LogP contribution in [0.15, 0.2) is 71.4 Å². The van der Waals surface area contributed by atoms with Gasteiger partial charge in [0.2, 0.25) is 21.8 Å². The van der Waals surface area contributed by atoms with Gasteiger partial charge in [-0.3, -0.25) is 9.29 Å². The van der Waals surface area contributed by atoms with E-state index in [9.17, 15) is 8.42 Å². The zero-order chi connectivity index (χ0) is 28.5. The van der Waals surface area contributed by atoms with Gasteiger partial charge in [0.1, 0.15) is 11.6 Å². The van der Waals surface area contributed by atoms with Crippen LogP contribution < -0.4 is 14.9 Å². The number of pyridine rings is 2. The van der Waals surface area contributed by atoms with E-state index in [2.05, 4.69) is 39.1 Å². The molecule has 5 rings (SSSR count). The molecule has 1 aliphatic rings. The minimum absolute atomic E-state index is 0.243. The van der Waals surface area contributed by atoms with Crippen LogP contribution in [0.2, 0.25) is 0 Å². The fraction of sp³-hybridized carbons (Fsp3) is 0.379.